The third kappa shape index (κ3) is 2.96. The van der Waals surface area contributed by atoms with Gasteiger partial charge in [0.1, 0.15) is 11.4 Å². The Morgan fingerprint density at radius 1 is 1.62 bits per heavy atom. The van der Waals surface area contributed by atoms with Crippen molar-refractivity contribution in [3.05, 3.63) is 11.4 Å². The lowest BCUT2D eigenvalue weighted by atomic mass is 10.2. The molecule has 6 nitrogen and oxygen atoms in total. The van der Waals surface area contributed by atoms with Crippen molar-refractivity contribution in [2.24, 2.45) is 5.73 Å². The fraction of sp³-hybridized carbons (Fsp3) is 0.625. The lowest BCUT2D eigenvalue weighted by Crippen LogP contribution is -2.16. The van der Waals surface area contributed by atoms with E-state index in [2.05, 4.69) is 10.3 Å². The third-order valence-electron chi connectivity index (χ3n) is 1.90. The van der Waals surface area contributed by atoms with E-state index in [1.54, 1.807) is 0 Å². The molecule has 0 atom stereocenters. The Morgan fingerprint density at radius 3 is 2.81 bits per heavy atom. The van der Waals surface area contributed by atoms with Crippen LogP contribution >= 0.6 is 0 Å². The van der Waals surface area contributed by atoms with E-state index in [4.69, 9.17) is 10.5 Å². The summed E-state index contributed by atoms with van der Waals surface area (Å²) < 4.78 is 31.2. The zero-order valence-electron chi connectivity index (χ0n) is 8.69. The minimum atomic E-state index is -2.75. The summed E-state index contributed by atoms with van der Waals surface area (Å²) in [6.07, 6.45) is -3.09. The predicted molar refractivity (Wildman–Crippen MR) is 49.8 cm³/mol. The first kappa shape index (κ1) is 12.5. The quantitative estimate of drug-likeness (QED) is 0.744. The minimum absolute atomic E-state index is 0.0846. The summed E-state index contributed by atoms with van der Waals surface area (Å²) in [7, 11) is 1.45. The van der Waals surface area contributed by atoms with Crippen molar-refractivity contribution in [3.8, 4) is 0 Å². The topological polar surface area (TPSA) is 83.0 Å². The number of amides is 1. The number of aromatic nitrogens is 3. The number of methoxy groups -OCH3 is 1. The Labute approximate surface area is 90.4 Å². The molecule has 1 aromatic rings. The van der Waals surface area contributed by atoms with Crippen LogP contribution in [-0.4, -0.2) is 34.6 Å². The molecule has 0 unspecified atom stereocenters. The average Bonchev–Trinajstić information content (AvgIpc) is 2.56. The maximum Gasteiger partial charge on any atom is 0.281 e. The summed E-state index contributed by atoms with van der Waals surface area (Å²) >= 11 is 0. The molecule has 90 valence electrons. The standard InChI is InChI=1S/C8H12F2N4O2/c1-16-3-2-14-7(8(9)10)5(12-13-14)4-6(11)15/h8H,2-4H2,1H3,(H2,11,15). The lowest BCUT2D eigenvalue weighted by Gasteiger charge is -2.05. The van der Waals surface area contributed by atoms with Crippen molar-refractivity contribution in [2.75, 3.05) is 13.7 Å². The van der Waals surface area contributed by atoms with Gasteiger partial charge in [-0.15, -0.1) is 5.10 Å². The van der Waals surface area contributed by atoms with E-state index in [1.165, 1.54) is 7.11 Å². The summed E-state index contributed by atoms with van der Waals surface area (Å²) in [6.45, 7) is 0.390. The van der Waals surface area contributed by atoms with E-state index in [1.807, 2.05) is 0 Å². The van der Waals surface area contributed by atoms with Gasteiger partial charge in [0.15, 0.2) is 0 Å². The number of carbonyl (C=O) groups is 1. The van der Waals surface area contributed by atoms with Crippen LogP contribution in [0, 0.1) is 0 Å². The van der Waals surface area contributed by atoms with Gasteiger partial charge in [0.05, 0.1) is 19.6 Å². The van der Waals surface area contributed by atoms with Crippen LogP contribution in [0.15, 0.2) is 0 Å². The van der Waals surface area contributed by atoms with Gasteiger partial charge in [0.25, 0.3) is 6.43 Å². The Bertz CT molecular complexity index is 367. The normalized spacial score (nSPS) is 11.0. The molecule has 0 radical (unpaired) electrons. The van der Waals surface area contributed by atoms with Gasteiger partial charge in [-0.3, -0.25) is 4.79 Å². The molecule has 0 saturated carbocycles. The molecule has 2 N–H and O–H groups in total. The summed E-state index contributed by atoms with van der Waals surface area (Å²) in [6, 6.07) is 0. The van der Waals surface area contributed by atoms with Crippen LogP contribution in [0.4, 0.5) is 8.78 Å². The van der Waals surface area contributed by atoms with Crippen molar-refractivity contribution < 1.29 is 18.3 Å². The second-order valence-corrected chi connectivity index (χ2v) is 3.08. The smallest absolute Gasteiger partial charge is 0.281 e. The number of ether oxygens (including phenoxy) is 1. The number of primary amides is 1. The number of hydrogen-bond donors (Lipinski definition) is 1. The molecule has 0 aliphatic carbocycles. The first-order chi connectivity index (χ1) is 7.56. The second kappa shape index (κ2) is 5.50. The highest BCUT2D eigenvalue weighted by molar-refractivity contribution is 5.76. The van der Waals surface area contributed by atoms with E-state index in [9.17, 15) is 13.6 Å². The van der Waals surface area contributed by atoms with Gasteiger partial charge in [-0.1, -0.05) is 5.21 Å². The average molecular weight is 234 g/mol. The Balaban J connectivity index is 2.92. The van der Waals surface area contributed by atoms with Crippen LogP contribution in [-0.2, 0) is 22.5 Å². The number of nitrogens with zero attached hydrogens (tertiary/aromatic N) is 3. The third-order valence-corrected chi connectivity index (χ3v) is 1.90. The molecule has 0 aromatic carbocycles. The Kier molecular flexibility index (Phi) is 4.29. The highest BCUT2D eigenvalue weighted by Gasteiger charge is 2.22. The van der Waals surface area contributed by atoms with Gasteiger partial charge in [-0.2, -0.15) is 0 Å². The van der Waals surface area contributed by atoms with E-state index in [0.717, 1.165) is 4.68 Å². The van der Waals surface area contributed by atoms with Gasteiger partial charge in [0, 0.05) is 7.11 Å². The summed E-state index contributed by atoms with van der Waals surface area (Å²) in [5.74, 6) is -0.722. The highest BCUT2D eigenvalue weighted by Crippen LogP contribution is 2.21. The van der Waals surface area contributed by atoms with Crippen LogP contribution in [0.3, 0.4) is 0 Å². The van der Waals surface area contributed by atoms with Crippen molar-refractivity contribution in [1.82, 2.24) is 15.0 Å². The maximum absolute atomic E-state index is 12.7. The molecule has 0 aliphatic heterocycles. The predicted octanol–water partition coefficient (Wildman–Crippen LogP) is -0.110. The van der Waals surface area contributed by atoms with Crippen molar-refractivity contribution in [2.45, 2.75) is 19.4 Å². The second-order valence-electron chi connectivity index (χ2n) is 3.08. The first-order valence-corrected chi connectivity index (χ1v) is 4.54. The summed E-state index contributed by atoms with van der Waals surface area (Å²) in [5.41, 5.74) is 4.45. The molecule has 0 saturated heterocycles. The molecule has 0 fully saturated rings. The van der Waals surface area contributed by atoms with Crippen molar-refractivity contribution >= 4 is 5.91 Å². The molecular weight excluding hydrogens is 222 g/mol. The van der Waals surface area contributed by atoms with E-state index in [0.29, 0.717) is 0 Å². The number of halogens is 2. The molecule has 1 rings (SSSR count). The molecule has 1 aromatic heterocycles. The molecule has 0 bridgehead atoms. The highest BCUT2D eigenvalue weighted by atomic mass is 19.3. The minimum Gasteiger partial charge on any atom is -0.383 e. The summed E-state index contributed by atoms with van der Waals surface area (Å²) in [5, 5.41) is 7.03. The maximum atomic E-state index is 12.7. The van der Waals surface area contributed by atoms with Crippen LogP contribution in [0.2, 0.25) is 0 Å². The molecule has 0 spiro atoms. The SMILES string of the molecule is COCCn1nnc(CC(N)=O)c1C(F)F. The molecule has 8 heteroatoms. The van der Waals surface area contributed by atoms with Gasteiger partial charge in [-0.25, -0.2) is 13.5 Å². The van der Waals surface area contributed by atoms with Gasteiger partial charge >= 0.3 is 0 Å². The number of hydrogen-bond acceptors (Lipinski definition) is 4. The van der Waals surface area contributed by atoms with Crippen LogP contribution in [0.1, 0.15) is 17.8 Å². The lowest BCUT2D eigenvalue weighted by molar-refractivity contribution is -0.117. The van der Waals surface area contributed by atoms with Crippen molar-refractivity contribution in [1.29, 1.82) is 0 Å². The van der Waals surface area contributed by atoms with Crippen molar-refractivity contribution in [3.63, 3.8) is 0 Å². The number of rotatable bonds is 6. The van der Waals surface area contributed by atoms with E-state index in [-0.39, 0.29) is 31.0 Å². The molecule has 1 amide bonds. The Morgan fingerprint density at radius 2 is 2.31 bits per heavy atom. The van der Waals surface area contributed by atoms with Crippen LogP contribution in [0.25, 0.3) is 0 Å². The first-order valence-electron chi connectivity index (χ1n) is 4.54. The molecule has 0 aliphatic rings. The molecule has 16 heavy (non-hydrogen) atoms. The van der Waals surface area contributed by atoms with Gasteiger partial charge in [-0.05, 0) is 0 Å². The van der Waals surface area contributed by atoms with Gasteiger partial charge in [0.2, 0.25) is 5.91 Å². The fourth-order valence-corrected chi connectivity index (χ4v) is 1.23. The number of nitrogens with two attached hydrogens (primary N) is 1. The van der Waals surface area contributed by atoms with E-state index < -0.39 is 12.3 Å². The largest absolute Gasteiger partial charge is 0.383 e. The zero-order chi connectivity index (χ0) is 12.1. The number of carbonyl (C=O) groups excluding carboxylic acids is 1. The summed E-state index contributed by atoms with van der Waals surface area (Å²) in [4.78, 5) is 10.6. The fourth-order valence-electron chi connectivity index (χ4n) is 1.23. The van der Waals surface area contributed by atoms with Crippen LogP contribution in [0.5, 0.6) is 0 Å². The number of alkyl halides is 2. The zero-order valence-corrected chi connectivity index (χ0v) is 8.69. The molecule has 1 heterocycles. The molecular formula is C8H12F2N4O2. The van der Waals surface area contributed by atoms with E-state index >= 15 is 0 Å². The Hall–Kier alpha value is -1.57. The van der Waals surface area contributed by atoms with Gasteiger partial charge < -0.3 is 10.5 Å². The van der Waals surface area contributed by atoms with Crippen LogP contribution < -0.4 is 5.73 Å². The monoisotopic (exact) mass is 234 g/mol.